The number of halogens is 3. The molecule has 0 unspecified atom stereocenters. The van der Waals surface area contributed by atoms with Gasteiger partial charge in [-0.15, -0.1) is 0 Å². The Balaban J connectivity index is 2.08. The molecule has 0 saturated carbocycles. The van der Waals surface area contributed by atoms with Crippen LogP contribution >= 0.6 is 34.8 Å². The molecule has 0 aliphatic heterocycles. The Labute approximate surface area is 126 Å². The SMILES string of the molecule is O=C(Cc1ccccc1Cl)Nc1ccc(Cl)cc1Cl. The molecule has 5 heteroatoms. The van der Waals surface area contributed by atoms with E-state index in [4.69, 9.17) is 34.8 Å². The molecule has 1 amide bonds. The van der Waals surface area contributed by atoms with Crippen molar-refractivity contribution in [3.8, 4) is 0 Å². The first kappa shape index (κ1) is 14.2. The zero-order valence-electron chi connectivity index (χ0n) is 9.79. The van der Waals surface area contributed by atoms with Gasteiger partial charge in [-0.1, -0.05) is 53.0 Å². The quantitative estimate of drug-likeness (QED) is 0.864. The minimum Gasteiger partial charge on any atom is -0.324 e. The summed E-state index contributed by atoms with van der Waals surface area (Å²) in [5.41, 5.74) is 1.30. The van der Waals surface area contributed by atoms with Gasteiger partial charge in [-0.3, -0.25) is 4.79 Å². The molecule has 1 N–H and O–H groups in total. The van der Waals surface area contributed by atoms with Crippen molar-refractivity contribution in [1.29, 1.82) is 0 Å². The number of nitrogens with one attached hydrogen (secondary N) is 1. The number of benzene rings is 2. The predicted octanol–water partition coefficient (Wildman–Crippen LogP) is 4.83. The maximum absolute atomic E-state index is 11.9. The third-order valence-electron chi connectivity index (χ3n) is 2.51. The Morgan fingerprint density at radius 3 is 2.42 bits per heavy atom. The Bertz CT molecular complexity index is 613. The summed E-state index contributed by atoms with van der Waals surface area (Å²) in [7, 11) is 0. The van der Waals surface area contributed by atoms with Crippen molar-refractivity contribution in [2.24, 2.45) is 0 Å². The standard InChI is InChI=1S/C14H10Cl3NO/c15-10-5-6-13(12(17)8-10)18-14(19)7-9-3-1-2-4-11(9)16/h1-6,8H,7H2,(H,18,19). The molecule has 19 heavy (non-hydrogen) atoms. The van der Waals surface area contributed by atoms with Gasteiger partial charge in [0.15, 0.2) is 0 Å². The molecule has 0 bridgehead atoms. The zero-order chi connectivity index (χ0) is 13.8. The maximum atomic E-state index is 11.9. The molecule has 0 aliphatic carbocycles. The highest BCUT2D eigenvalue weighted by molar-refractivity contribution is 6.36. The van der Waals surface area contributed by atoms with Crippen LogP contribution in [-0.4, -0.2) is 5.91 Å². The van der Waals surface area contributed by atoms with Gasteiger partial charge in [0.1, 0.15) is 0 Å². The summed E-state index contributed by atoms with van der Waals surface area (Å²) < 4.78 is 0. The van der Waals surface area contributed by atoms with E-state index in [0.717, 1.165) is 5.56 Å². The summed E-state index contributed by atoms with van der Waals surface area (Å²) in [6, 6.07) is 12.1. The lowest BCUT2D eigenvalue weighted by atomic mass is 10.1. The topological polar surface area (TPSA) is 29.1 Å². The fourth-order valence-corrected chi connectivity index (χ4v) is 2.26. The van der Waals surface area contributed by atoms with Crippen LogP contribution in [0.25, 0.3) is 0 Å². The zero-order valence-corrected chi connectivity index (χ0v) is 12.1. The first-order chi connectivity index (χ1) is 9.06. The van der Waals surface area contributed by atoms with Crippen molar-refractivity contribution in [2.45, 2.75) is 6.42 Å². The minimum absolute atomic E-state index is 0.183. The molecular formula is C14H10Cl3NO. The lowest BCUT2D eigenvalue weighted by molar-refractivity contribution is -0.115. The Hall–Kier alpha value is -1.22. The van der Waals surface area contributed by atoms with Crippen LogP contribution in [-0.2, 0) is 11.2 Å². The van der Waals surface area contributed by atoms with Crippen molar-refractivity contribution in [2.75, 3.05) is 5.32 Å². The number of anilines is 1. The van der Waals surface area contributed by atoms with Gasteiger partial charge in [0.2, 0.25) is 5.91 Å². The lowest BCUT2D eigenvalue weighted by Crippen LogP contribution is -2.14. The molecule has 0 radical (unpaired) electrons. The highest BCUT2D eigenvalue weighted by Crippen LogP contribution is 2.25. The number of hydrogen-bond acceptors (Lipinski definition) is 1. The monoisotopic (exact) mass is 313 g/mol. The van der Waals surface area contributed by atoms with E-state index in [1.54, 1.807) is 24.3 Å². The van der Waals surface area contributed by atoms with Crippen molar-refractivity contribution in [3.05, 3.63) is 63.1 Å². The van der Waals surface area contributed by atoms with Gasteiger partial charge in [-0.25, -0.2) is 0 Å². The van der Waals surface area contributed by atoms with Crippen LogP contribution in [0.3, 0.4) is 0 Å². The summed E-state index contributed by atoms with van der Waals surface area (Å²) >= 11 is 17.8. The average Bonchev–Trinajstić information content (AvgIpc) is 2.36. The number of rotatable bonds is 3. The van der Waals surface area contributed by atoms with Crippen LogP contribution in [0.1, 0.15) is 5.56 Å². The van der Waals surface area contributed by atoms with Crippen molar-refractivity contribution < 1.29 is 4.79 Å². The molecule has 2 rings (SSSR count). The van der Waals surface area contributed by atoms with Crippen LogP contribution in [0.5, 0.6) is 0 Å². The second-order valence-electron chi connectivity index (χ2n) is 3.94. The molecule has 98 valence electrons. The second-order valence-corrected chi connectivity index (χ2v) is 5.19. The Morgan fingerprint density at radius 2 is 1.74 bits per heavy atom. The van der Waals surface area contributed by atoms with E-state index in [9.17, 15) is 4.79 Å². The molecular weight excluding hydrogens is 305 g/mol. The summed E-state index contributed by atoms with van der Waals surface area (Å²) in [5, 5.41) is 4.22. The van der Waals surface area contributed by atoms with Gasteiger partial charge < -0.3 is 5.32 Å². The van der Waals surface area contributed by atoms with E-state index in [0.29, 0.717) is 20.8 Å². The summed E-state index contributed by atoms with van der Waals surface area (Å²) in [5.74, 6) is -0.183. The van der Waals surface area contributed by atoms with Crippen molar-refractivity contribution >= 4 is 46.4 Å². The van der Waals surface area contributed by atoms with Crippen LogP contribution in [0.4, 0.5) is 5.69 Å². The van der Waals surface area contributed by atoms with E-state index >= 15 is 0 Å². The van der Waals surface area contributed by atoms with E-state index in [-0.39, 0.29) is 12.3 Å². The largest absolute Gasteiger partial charge is 0.324 e. The average molecular weight is 315 g/mol. The molecule has 2 aromatic rings. The van der Waals surface area contributed by atoms with Gasteiger partial charge >= 0.3 is 0 Å². The van der Waals surface area contributed by atoms with E-state index < -0.39 is 0 Å². The molecule has 2 nitrogen and oxygen atoms in total. The number of hydrogen-bond donors (Lipinski definition) is 1. The highest BCUT2D eigenvalue weighted by Gasteiger charge is 2.09. The molecule has 0 saturated heterocycles. The fourth-order valence-electron chi connectivity index (χ4n) is 1.60. The minimum atomic E-state index is -0.183. The summed E-state index contributed by atoms with van der Waals surface area (Å²) in [4.78, 5) is 11.9. The van der Waals surface area contributed by atoms with Crippen LogP contribution in [0.15, 0.2) is 42.5 Å². The molecule has 0 spiro atoms. The second kappa shape index (κ2) is 6.29. The first-order valence-electron chi connectivity index (χ1n) is 5.54. The Kier molecular flexibility index (Phi) is 4.70. The normalized spacial score (nSPS) is 10.3. The van der Waals surface area contributed by atoms with Gasteiger partial charge in [0, 0.05) is 10.0 Å². The first-order valence-corrected chi connectivity index (χ1v) is 6.68. The van der Waals surface area contributed by atoms with E-state index in [1.807, 2.05) is 18.2 Å². The smallest absolute Gasteiger partial charge is 0.228 e. The van der Waals surface area contributed by atoms with Crippen LogP contribution in [0, 0.1) is 0 Å². The Morgan fingerprint density at radius 1 is 1.00 bits per heavy atom. The molecule has 0 atom stereocenters. The van der Waals surface area contributed by atoms with Gasteiger partial charge in [0.25, 0.3) is 0 Å². The lowest BCUT2D eigenvalue weighted by Gasteiger charge is -2.08. The third kappa shape index (κ3) is 3.87. The molecule has 2 aromatic carbocycles. The molecule has 0 heterocycles. The van der Waals surface area contributed by atoms with Gasteiger partial charge in [-0.05, 0) is 29.8 Å². The van der Waals surface area contributed by atoms with E-state index in [1.165, 1.54) is 0 Å². The number of amides is 1. The summed E-state index contributed by atoms with van der Waals surface area (Å²) in [6.07, 6.45) is 0.193. The third-order valence-corrected chi connectivity index (χ3v) is 3.43. The van der Waals surface area contributed by atoms with Gasteiger partial charge in [-0.2, -0.15) is 0 Å². The predicted molar refractivity (Wildman–Crippen MR) is 80.2 cm³/mol. The molecule has 0 fully saturated rings. The number of carbonyl (C=O) groups excluding carboxylic acids is 1. The number of carbonyl (C=O) groups is 1. The van der Waals surface area contributed by atoms with Crippen molar-refractivity contribution in [1.82, 2.24) is 0 Å². The molecule has 0 aliphatic rings. The highest BCUT2D eigenvalue weighted by atomic mass is 35.5. The van der Waals surface area contributed by atoms with Crippen LogP contribution < -0.4 is 5.32 Å². The van der Waals surface area contributed by atoms with Gasteiger partial charge in [0.05, 0.1) is 17.1 Å². The fraction of sp³-hybridized carbons (Fsp3) is 0.0714. The molecule has 0 aromatic heterocycles. The van der Waals surface area contributed by atoms with E-state index in [2.05, 4.69) is 5.32 Å². The summed E-state index contributed by atoms with van der Waals surface area (Å²) in [6.45, 7) is 0. The van der Waals surface area contributed by atoms with Crippen molar-refractivity contribution in [3.63, 3.8) is 0 Å². The maximum Gasteiger partial charge on any atom is 0.228 e. The van der Waals surface area contributed by atoms with Crippen LogP contribution in [0.2, 0.25) is 15.1 Å².